The van der Waals surface area contributed by atoms with Crippen LogP contribution in [-0.2, 0) is 0 Å². The van der Waals surface area contributed by atoms with Crippen LogP contribution in [0.1, 0.15) is 23.4 Å². The van der Waals surface area contributed by atoms with Crippen LogP contribution < -0.4 is 5.73 Å². The molecule has 3 heteroatoms. The van der Waals surface area contributed by atoms with E-state index < -0.39 is 0 Å². The predicted octanol–water partition coefficient (Wildman–Crippen LogP) is 2.84. The van der Waals surface area contributed by atoms with Crippen LogP contribution in [0.15, 0.2) is 9.85 Å². The Kier molecular flexibility index (Phi) is 2.50. The predicted molar refractivity (Wildman–Crippen MR) is 49.4 cm³/mol. The van der Waals surface area contributed by atoms with Crippen molar-refractivity contribution in [3.63, 3.8) is 0 Å². The van der Waals surface area contributed by atoms with Crippen LogP contribution >= 0.6 is 27.3 Å². The average molecular weight is 220 g/mol. The van der Waals surface area contributed by atoms with Gasteiger partial charge in [-0.05, 0) is 41.4 Å². The third-order valence-corrected chi connectivity index (χ3v) is 3.66. The van der Waals surface area contributed by atoms with Gasteiger partial charge >= 0.3 is 0 Å². The second kappa shape index (κ2) is 3.03. The second-order valence-electron chi connectivity index (χ2n) is 2.39. The van der Waals surface area contributed by atoms with E-state index in [9.17, 15) is 0 Å². The first-order valence-electron chi connectivity index (χ1n) is 3.12. The molecule has 0 fully saturated rings. The van der Waals surface area contributed by atoms with E-state index >= 15 is 0 Å². The molecular formula is C7H10BrNS. The van der Waals surface area contributed by atoms with E-state index in [2.05, 4.69) is 28.9 Å². The highest BCUT2D eigenvalue weighted by atomic mass is 79.9. The van der Waals surface area contributed by atoms with E-state index in [1.165, 1.54) is 14.2 Å². The Bertz CT molecular complexity index is 210. The molecule has 0 saturated carbocycles. The van der Waals surface area contributed by atoms with Crippen LogP contribution in [0.5, 0.6) is 0 Å². The van der Waals surface area contributed by atoms with Crippen molar-refractivity contribution in [2.24, 2.45) is 5.73 Å². The Hall–Kier alpha value is 0.140. The Morgan fingerprint density at radius 3 is 2.50 bits per heavy atom. The summed E-state index contributed by atoms with van der Waals surface area (Å²) in [5, 5.41) is 0. The molecule has 1 nitrogen and oxygen atoms in total. The molecule has 0 spiro atoms. The van der Waals surface area contributed by atoms with Crippen LogP contribution in [0.2, 0.25) is 0 Å². The highest BCUT2D eigenvalue weighted by Crippen LogP contribution is 2.30. The highest BCUT2D eigenvalue weighted by molar-refractivity contribution is 9.11. The molecule has 0 amide bonds. The van der Waals surface area contributed by atoms with Gasteiger partial charge in [-0.25, -0.2) is 0 Å². The molecule has 0 aliphatic carbocycles. The largest absolute Gasteiger partial charge is 0.324 e. The van der Waals surface area contributed by atoms with Gasteiger partial charge in [-0.15, -0.1) is 11.3 Å². The molecule has 10 heavy (non-hydrogen) atoms. The van der Waals surface area contributed by atoms with E-state index in [1.54, 1.807) is 11.3 Å². The highest BCUT2D eigenvalue weighted by Gasteiger charge is 2.05. The lowest BCUT2D eigenvalue weighted by molar-refractivity contribution is 0.838. The molecule has 56 valence electrons. The van der Waals surface area contributed by atoms with Crippen molar-refractivity contribution in [3.8, 4) is 0 Å². The van der Waals surface area contributed by atoms with Gasteiger partial charge in [0.25, 0.3) is 0 Å². The summed E-state index contributed by atoms with van der Waals surface area (Å²) in [6, 6.07) is 2.29. The van der Waals surface area contributed by atoms with Crippen molar-refractivity contribution in [2.75, 3.05) is 0 Å². The molecule has 1 aromatic heterocycles. The molecule has 0 aromatic carbocycles. The molecule has 0 aliphatic heterocycles. The number of hydrogen-bond acceptors (Lipinski definition) is 2. The van der Waals surface area contributed by atoms with Crippen LogP contribution in [0.25, 0.3) is 0 Å². The maximum absolute atomic E-state index is 5.69. The Morgan fingerprint density at radius 2 is 2.30 bits per heavy atom. The molecule has 2 N–H and O–H groups in total. The standard InChI is InChI=1S/C7H10BrNS/c1-4-3-6(5(2)9)10-7(4)8/h3,5H,9H2,1-2H3. The Morgan fingerprint density at radius 1 is 1.70 bits per heavy atom. The molecule has 1 heterocycles. The first-order chi connectivity index (χ1) is 4.61. The summed E-state index contributed by atoms with van der Waals surface area (Å²) in [4.78, 5) is 1.24. The van der Waals surface area contributed by atoms with Gasteiger partial charge in [0.15, 0.2) is 0 Å². The smallest absolute Gasteiger partial charge is 0.0731 e. The SMILES string of the molecule is Cc1cc(C(C)N)sc1Br. The molecule has 0 saturated heterocycles. The minimum Gasteiger partial charge on any atom is -0.324 e. The van der Waals surface area contributed by atoms with Crippen molar-refractivity contribution in [3.05, 3.63) is 20.3 Å². The van der Waals surface area contributed by atoms with E-state index in [4.69, 9.17) is 5.73 Å². The summed E-state index contributed by atoms with van der Waals surface area (Å²) in [5.41, 5.74) is 6.96. The minimum absolute atomic E-state index is 0.162. The number of thiophene rings is 1. The maximum Gasteiger partial charge on any atom is 0.0731 e. The van der Waals surface area contributed by atoms with Crippen LogP contribution in [0.4, 0.5) is 0 Å². The molecule has 0 bridgehead atoms. The fourth-order valence-corrected chi connectivity index (χ4v) is 2.23. The van der Waals surface area contributed by atoms with Crippen LogP contribution in [0, 0.1) is 6.92 Å². The van der Waals surface area contributed by atoms with Gasteiger partial charge in [0, 0.05) is 10.9 Å². The maximum atomic E-state index is 5.69. The van der Waals surface area contributed by atoms with Crippen LogP contribution in [0.3, 0.4) is 0 Å². The normalized spacial score (nSPS) is 13.6. The van der Waals surface area contributed by atoms with E-state index in [0.717, 1.165) is 0 Å². The number of aryl methyl sites for hydroxylation is 1. The summed E-state index contributed by atoms with van der Waals surface area (Å²) in [5.74, 6) is 0. The van der Waals surface area contributed by atoms with Gasteiger partial charge in [0.2, 0.25) is 0 Å². The lowest BCUT2D eigenvalue weighted by Gasteiger charge is -1.96. The van der Waals surface area contributed by atoms with Crippen molar-refractivity contribution >= 4 is 27.3 Å². The Labute approximate surface area is 73.4 Å². The zero-order chi connectivity index (χ0) is 7.72. The van der Waals surface area contributed by atoms with Crippen molar-refractivity contribution in [1.29, 1.82) is 0 Å². The first kappa shape index (κ1) is 8.24. The molecule has 1 unspecified atom stereocenters. The van der Waals surface area contributed by atoms with E-state index in [-0.39, 0.29) is 6.04 Å². The molecule has 1 aromatic rings. The second-order valence-corrected chi connectivity index (χ2v) is 4.80. The van der Waals surface area contributed by atoms with E-state index in [0.29, 0.717) is 0 Å². The molecule has 0 radical (unpaired) electrons. The lowest BCUT2D eigenvalue weighted by atomic mass is 10.2. The van der Waals surface area contributed by atoms with Gasteiger partial charge in [0.05, 0.1) is 3.79 Å². The lowest BCUT2D eigenvalue weighted by Crippen LogP contribution is -2.01. The fraction of sp³-hybridized carbons (Fsp3) is 0.429. The van der Waals surface area contributed by atoms with Gasteiger partial charge in [-0.1, -0.05) is 0 Å². The van der Waals surface area contributed by atoms with Gasteiger partial charge in [-0.2, -0.15) is 0 Å². The third-order valence-electron chi connectivity index (χ3n) is 1.33. The zero-order valence-electron chi connectivity index (χ0n) is 6.02. The third kappa shape index (κ3) is 1.59. The molecule has 1 atom stereocenters. The Balaban J connectivity index is 2.98. The summed E-state index contributed by atoms with van der Waals surface area (Å²) < 4.78 is 1.19. The molecule has 1 rings (SSSR count). The zero-order valence-corrected chi connectivity index (χ0v) is 8.42. The summed E-state index contributed by atoms with van der Waals surface area (Å²) in [6.07, 6.45) is 0. The van der Waals surface area contributed by atoms with Gasteiger partial charge in [0.1, 0.15) is 0 Å². The number of hydrogen-bond donors (Lipinski definition) is 1. The van der Waals surface area contributed by atoms with Crippen molar-refractivity contribution < 1.29 is 0 Å². The summed E-state index contributed by atoms with van der Waals surface area (Å²) >= 11 is 5.16. The topological polar surface area (TPSA) is 26.0 Å². The van der Waals surface area contributed by atoms with Gasteiger partial charge in [-0.3, -0.25) is 0 Å². The fourth-order valence-electron chi connectivity index (χ4n) is 0.708. The summed E-state index contributed by atoms with van der Waals surface area (Å²) in [7, 11) is 0. The van der Waals surface area contributed by atoms with Crippen molar-refractivity contribution in [1.82, 2.24) is 0 Å². The monoisotopic (exact) mass is 219 g/mol. The number of rotatable bonds is 1. The first-order valence-corrected chi connectivity index (χ1v) is 4.73. The summed E-state index contributed by atoms with van der Waals surface area (Å²) in [6.45, 7) is 4.07. The minimum atomic E-state index is 0.162. The van der Waals surface area contributed by atoms with Crippen LogP contribution in [-0.4, -0.2) is 0 Å². The molecule has 0 aliphatic rings. The van der Waals surface area contributed by atoms with E-state index in [1.807, 2.05) is 6.92 Å². The quantitative estimate of drug-likeness (QED) is 0.773. The average Bonchev–Trinajstić information content (AvgIpc) is 2.13. The number of nitrogens with two attached hydrogens (primary N) is 1. The van der Waals surface area contributed by atoms with Crippen molar-refractivity contribution in [2.45, 2.75) is 19.9 Å². The molecular weight excluding hydrogens is 210 g/mol. The number of halogens is 1. The van der Waals surface area contributed by atoms with Gasteiger partial charge < -0.3 is 5.73 Å².